The predicted molar refractivity (Wildman–Crippen MR) is 102 cm³/mol. The summed E-state index contributed by atoms with van der Waals surface area (Å²) in [4.78, 5) is 0. The number of hydrogen-bond donors (Lipinski definition) is 0. The number of ether oxygens (including phenoxy) is 2. The summed E-state index contributed by atoms with van der Waals surface area (Å²) in [6.45, 7) is 8.17. The smallest absolute Gasteiger partial charge is 0.174 e. The van der Waals surface area contributed by atoms with Gasteiger partial charge in [-0.1, -0.05) is 58.3 Å². The zero-order chi connectivity index (χ0) is 17.3. The van der Waals surface area contributed by atoms with E-state index in [1.165, 1.54) is 83.5 Å². The molecule has 2 nitrogen and oxygen atoms in total. The van der Waals surface area contributed by atoms with E-state index in [2.05, 4.69) is 20.8 Å². The first-order chi connectivity index (χ1) is 11.8. The Bertz CT molecular complexity index is 314. The second-order valence-corrected chi connectivity index (χ2v) is 8.07. The maximum atomic E-state index is 6.47. The first-order valence-corrected chi connectivity index (χ1v) is 11.1. The SMILES string of the molecule is CCCCCCCCC(C1CCC1)C(OCC)(OCC)C1CCC1. The van der Waals surface area contributed by atoms with Crippen molar-refractivity contribution >= 4 is 0 Å². The van der Waals surface area contributed by atoms with Gasteiger partial charge in [-0.25, -0.2) is 0 Å². The highest BCUT2D eigenvalue weighted by molar-refractivity contribution is 4.96. The standard InChI is InChI=1S/C22H42O2/c1-4-7-8-9-10-11-18-21(19-14-12-15-19)22(23-5-2,24-6-3)20-16-13-17-20/h19-21H,4-18H2,1-3H3. The van der Waals surface area contributed by atoms with Crippen LogP contribution in [0, 0.1) is 17.8 Å². The molecule has 0 radical (unpaired) electrons. The second-order valence-electron chi connectivity index (χ2n) is 8.07. The fraction of sp³-hybridized carbons (Fsp3) is 1.00. The first-order valence-electron chi connectivity index (χ1n) is 11.1. The van der Waals surface area contributed by atoms with Crippen molar-refractivity contribution < 1.29 is 9.47 Å². The van der Waals surface area contributed by atoms with Crippen LogP contribution in [0.1, 0.15) is 104 Å². The summed E-state index contributed by atoms with van der Waals surface area (Å²) < 4.78 is 12.9. The van der Waals surface area contributed by atoms with Crippen LogP contribution in [0.25, 0.3) is 0 Å². The number of rotatable bonds is 14. The molecular weight excluding hydrogens is 296 g/mol. The summed E-state index contributed by atoms with van der Waals surface area (Å²) in [7, 11) is 0. The maximum absolute atomic E-state index is 6.47. The molecule has 0 bridgehead atoms. The van der Waals surface area contributed by atoms with Crippen molar-refractivity contribution in [2.75, 3.05) is 13.2 Å². The Morgan fingerprint density at radius 2 is 1.38 bits per heavy atom. The Morgan fingerprint density at radius 3 is 1.83 bits per heavy atom. The summed E-state index contributed by atoms with van der Waals surface area (Å²) in [5.41, 5.74) is 0. The van der Waals surface area contributed by atoms with E-state index in [0.717, 1.165) is 19.1 Å². The van der Waals surface area contributed by atoms with Gasteiger partial charge in [0.25, 0.3) is 0 Å². The average Bonchev–Trinajstić information content (AvgIpc) is 2.46. The quantitative estimate of drug-likeness (QED) is 0.258. The summed E-state index contributed by atoms with van der Waals surface area (Å²) in [6, 6.07) is 0. The van der Waals surface area contributed by atoms with Gasteiger partial charge in [-0.05, 0) is 51.9 Å². The largest absolute Gasteiger partial charge is 0.350 e. The van der Waals surface area contributed by atoms with Gasteiger partial charge in [0.15, 0.2) is 5.79 Å². The summed E-state index contributed by atoms with van der Waals surface area (Å²) in [5, 5.41) is 0. The number of hydrogen-bond acceptors (Lipinski definition) is 2. The van der Waals surface area contributed by atoms with Gasteiger partial charge >= 0.3 is 0 Å². The van der Waals surface area contributed by atoms with Crippen molar-refractivity contribution in [3.8, 4) is 0 Å². The summed E-state index contributed by atoms with van der Waals surface area (Å²) in [5.74, 6) is 1.85. The van der Waals surface area contributed by atoms with Crippen molar-refractivity contribution in [3.63, 3.8) is 0 Å². The normalized spacial score (nSPS) is 20.6. The fourth-order valence-corrected chi connectivity index (χ4v) is 4.81. The third kappa shape index (κ3) is 4.97. The molecule has 0 heterocycles. The molecule has 142 valence electrons. The first kappa shape index (κ1) is 20.2. The van der Waals surface area contributed by atoms with Crippen molar-refractivity contribution in [2.45, 2.75) is 110 Å². The molecule has 0 saturated heterocycles. The van der Waals surface area contributed by atoms with Gasteiger partial charge in [-0.3, -0.25) is 0 Å². The zero-order valence-corrected chi connectivity index (χ0v) is 16.7. The minimum atomic E-state index is -0.268. The third-order valence-corrected chi connectivity index (χ3v) is 6.52. The summed E-state index contributed by atoms with van der Waals surface area (Å²) in [6.07, 6.45) is 17.8. The van der Waals surface area contributed by atoms with E-state index in [1.807, 2.05) is 0 Å². The van der Waals surface area contributed by atoms with Crippen LogP contribution in [0.4, 0.5) is 0 Å². The van der Waals surface area contributed by atoms with Gasteiger partial charge in [0.1, 0.15) is 0 Å². The second kappa shape index (κ2) is 10.8. The topological polar surface area (TPSA) is 18.5 Å². The van der Waals surface area contributed by atoms with Crippen LogP contribution in [0.2, 0.25) is 0 Å². The van der Waals surface area contributed by atoms with Gasteiger partial charge in [0, 0.05) is 25.0 Å². The molecule has 2 fully saturated rings. The van der Waals surface area contributed by atoms with Gasteiger partial charge in [-0.15, -0.1) is 0 Å². The van der Waals surface area contributed by atoms with Crippen LogP contribution in [0.3, 0.4) is 0 Å². The molecule has 1 atom stereocenters. The molecule has 0 aliphatic heterocycles. The molecule has 24 heavy (non-hydrogen) atoms. The van der Waals surface area contributed by atoms with Crippen molar-refractivity contribution in [2.24, 2.45) is 17.8 Å². The highest BCUT2D eigenvalue weighted by atomic mass is 16.7. The van der Waals surface area contributed by atoms with Gasteiger partial charge < -0.3 is 9.47 Å². The zero-order valence-electron chi connectivity index (χ0n) is 16.7. The van der Waals surface area contributed by atoms with Gasteiger partial charge in [0.2, 0.25) is 0 Å². The lowest BCUT2D eigenvalue weighted by molar-refractivity contribution is -0.316. The fourth-order valence-electron chi connectivity index (χ4n) is 4.81. The van der Waals surface area contributed by atoms with Gasteiger partial charge in [0.05, 0.1) is 0 Å². The van der Waals surface area contributed by atoms with Crippen LogP contribution in [0.15, 0.2) is 0 Å². The highest BCUT2D eigenvalue weighted by Crippen LogP contribution is 2.51. The van der Waals surface area contributed by atoms with Crippen LogP contribution >= 0.6 is 0 Å². The molecule has 1 unspecified atom stereocenters. The van der Waals surface area contributed by atoms with Crippen LogP contribution in [-0.4, -0.2) is 19.0 Å². The average molecular weight is 339 g/mol. The molecule has 2 saturated carbocycles. The van der Waals surface area contributed by atoms with Crippen molar-refractivity contribution in [3.05, 3.63) is 0 Å². The predicted octanol–water partition coefficient (Wildman–Crippen LogP) is 6.72. The van der Waals surface area contributed by atoms with E-state index in [-0.39, 0.29) is 5.79 Å². The lowest BCUT2D eigenvalue weighted by atomic mass is 9.63. The maximum Gasteiger partial charge on any atom is 0.174 e. The Labute approximate surface area is 151 Å². The molecule has 2 aliphatic rings. The molecule has 0 aromatic heterocycles. The van der Waals surface area contributed by atoms with E-state index in [0.29, 0.717) is 11.8 Å². The third-order valence-electron chi connectivity index (χ3n) is 6.52. The molecular formula is C22H42O2. The highest BCUT2D eigenvalue weighted by Gasteiger charge is 2.52. The lowest BCUT2D eigenvalue weighted by Crippen LogP contribution is -2.55. The minimum absolute atomic E-state index is 0.268. The molecule has 0 aromatic rings. The van der Waals surface area contributed by atoms with E-state index in [1.54, 1.807) is 0 Å². The van der Waals surface area contributed by atoms with Crippen molar-refractivity contribution in [1.82, 2.24) is 0 Å². The molecule has 0 spiro atoms. The molecule has 0 amide bonds. The van der Waals surface area contributed by atoms with Crippen molar-refractivity contribution in [1.29, 1.82) is 0 Å². The van der Waals surface area contributed by atoms with Gasteiger partial charge in [-0.2, -0.15) is 0 Å². The Morgan fingerprint density at radius 1 is 0.792 bits per heavy atom. The molecule has 0 N–H and O–H groups in total. The molecule has 2 aliphatic carbocycles. The van der Waals surface area contributed by atoms with Crippen LogP contribution in [-0.2, 0) is 9.47 Å². The Kier molecular flexibility index (Phi) is 9.11. The molecule has 2 rings (SSSR count). The summed E-state index contributed by atoms with van der Waals surface area (Å²) >= 11 is 0. The minimum Gasteiger partial charge on any atom is -0.350 e. The van der Waals surface area contributed by atoms with E-state index < -0.39 is 0 Å². The Balaban J connectivity index is 1.98. The van der Waals surface area contributed by atoms with Crippen LogP contribution in [0.5, 0.6) is 0 Å². The van der Waals surface area contributed by atoms with E-state index >= 15 is 0 Å². The Hall–Kier alpha value is -0.0800. The monoisotopic (exact) mass is 338 g/mol. The number of unbranched alkanes of at least 4 members (excludes halogenated alkanes) is 5. The molecule has 0 aromatic carbocycles. The van der Waals surface area contributed by atoms with E-state index in [4.69, 9.17) is 9.47 Å². The molecule has 2 heteroatoms. The lowest BCUT2D eigenvalue weighted by Gasteiger charge is -2.53. The van der Waals surface area contributed by atoms with E-state index in [9.17, 15) is 0 Å². The van der Waals surface area contributed by atoms with Crippen LogP contribution < -0.4 is 0 Å².